The molecule has 0 saturated heterocycles. The average Bonchev–Trinajstić information content (AvgIpc) is 2.30. The van der Waals surface area contributed by atoms with Crippen molar-refractivity contribution in [2.75, 3.05) is 11.9 Å². The molecule has 0 amide bonds. The maximum Gasteiger partial charge on any atom is 0.178 e. The van der Waals surface area contributed by atoms with Gasteiger partial charge in [-0.3, -0.25) is 9.78 Å². The second-order valence-corrected chi connectivity index (χ2v) is 3.43. The Balaban J connectivity index is 2.16. The van der Waals surface area contributed by atoms with Gasteiger partial charge in [-0.1, -0.05) is 12.2 Å². The fourth-order valence-corrected chi connectivity index (χ4v) is 1.50. The lowest BCUT2D eigenvalue weighted by Crippen LogP contribution is -2.29. The molecule has 0 bridgehead atoms. The van der Waals surface area contributed by atoms with E-state index < -0.39 is 0 Å². The third-order valence-electron chi connectivity index (χ3n) is 2.42. The van der Waals surface area contributed by atoms with Gasteiger partial charge >= 0.3 is 0 Å². The minimum absolute atomic E-state index is 0.0471. The Bertz CT molecular complexity index is 393. The molecule has 0 atom stereocenters. The normalized spacial score (nSPS) is 15.7. The summed E-state index contributed by atoms with van der Waals surface area (Å²) in [5, 5.41) is 0. The van der Waals surface area contributed by atoms with E-state index in [1.165, 1.54) is 0 Å². The minimum atomic E-state index is 0.0471. The van der Waals surface area contributed by atoms with E-state index in [2.05, 4.69) is 9.88 Å². The van der Waals surface area contributed by atoms with E-state index in [0.717, 1.165) is 5.69 Å². The Morgan fingerprint density at radius 1 is 1.33 bits per heavy atom. The van der Waals surface area contributed by atoms with Gasteiger partial charge in [-0.25, -0.2) is 0 Å². The molecule has 0 unspecified atom stereocenters. The number of hydrogen-bond donors (Lipinski definition) is 0. The van der Waals surface area contributed by atoms with Crippen molar-refractivity contribution in [2.24, 2.45) is 0 Å². The minimum Gasteiger partial charge on any atom is -0.363 e. The van der Waals surface area contributed by atoms with Crippen molar-refractivity contribution in [3.8, 4) is 0 Å². The molecule has 0 N–H and O–H groups in total. The Morgan fingerprint density at radius 3 is 2.67 bits per heavy atom. The molecule has 1 aromatic heterocycles. The van der Waals surface area contributed by atoms with Crippen molar-refractivity contribution in [2.45, 2.75) is 6.04 Å². The van der Waals surface area contributed by atoms with Gasteiger partial charge in [-0.05, 0) is 24.3 Å². The van der Waals surface area contributed by atoms with Crippen molar-refractivity contribution in [1.82, 2.24) is 4.98 Å². The van der Waals surface area contributed by atoms with Crippen LogP contribution >= 0.6 is 0 Å². The van der Waals surface area contributed by atoms with Gasteiger partial charge < -0.3 is 4.90 Å². The van der Waals surface area contributed by atoms with Crippen LogP contribution in [0.25, 0.3) is 0 Å². The molecular formula is C12H12N2O. The molecule has 0 aromatic carbocycles. The summed E-state index contributed by atoms with van der Waals surface area (Å²) in [6, 6.07) is 4.02. The Kier molecular flexibility index (Phi) is 2.63. The molecule has 2 rings (SSSR count). The summed E-state index contributed by atoms with van der Waals surface area (Å²) >= 11 is 0. The van der Waals surface area contributed by atoms with Crippen LogP contribution in [0.4, 0.5) is 5.69 Å². The lowest BCUT2D eigenvalue weighted by Gasteiger charge is -2.25. The Morgan fingerprint density at radius 2 is 2.07 bits per heavy atom. The quantitative estimate of drug-likeness (QED) is 0.726. The summed E-state index contributed by atoms with van der Waals surface area (Å²) in [6.45, 7) is 0. The zero-order valence-electron chi connectivity index (χ0n) is 8.50. The highest BCUT2D eigenvalue weighted by molar-refractivity contribution is 6.00. The number of ketones is 1. The van der Waals surface area contributed by atoms with Gasteiger partial charge in [-0.2, -0.15) is 0 Å². The summed E-state index contributed by atoms with van der Waals surface area (Å²) in [4.78, 5) is 17.1. The molecule has 3 heteroatoms. The third kappa shape index (κ3) is 2.13. The Labute approximate surface area is 88.7 Å². The fraction of sp³-hybridized carbons (Fsp3) is 0.167. The Hall–Kier alpha value is -1.90. The third-order valence-corrected chi connectivity index (χ3v) is 2.42. The van der Waals surface area contributed by atoms with Crippen LogP contribution < -0.4 is 4.90 Å². The number of nitrogens with zero attached hydrogens (tertiary/aromatic N) is 2. The zero-order valence-corrected chi connectivity index (χ0v) is 8.50. The number of pyridine rings is 1. The molecule has 0 aliphatic heterocycles. The van der Waals surface area contributed by atoms with E-state index >= 15 is 0 Å². The van der Waals surface area contributed by atoms with Crippen LogP contribution in [0.15, 0.2) is 48.8 Å². The van der Waals surface area contributed by atoms with Crippen molar-refractivity contribution in [1.29, 1.82) is 0 Å². The van der Waals surface area contributed by atoms with Crippen LogP contribution in [-0.2, 0) is 4.79 Å². The van der Waals surface area contributed by atoms with Crippen molar-refractivity contribution >= 4 is 11.5 Å². The first-order valence-corrected chi connectivity index (χ1v) is 4.80. The molecule has 0 spiro atoms. The number of anilines is 1. The largest absolute Gasteiger partial charge is 0.363 e. The van der Waals surface area contributed by atoms with Crippen LogP contribution in [-0.4, -0.2) is 23.9 Å². The maximum atomic E-state index is 11.0. The number of hydrogen-bond acceptors (Lipinski definition) is 3. The van der Waals surface area contributed by atoms with Crippen molar-refractivity contribution < 1.29 is 4.79 Å². The van der Waals surface area contributed by atoms with Crippen LogP contribution in [0.3, 0.4) is 0 Å². The van der Waals surface area contributed by atoms with Gasteiger partial charge in [0.15, 0.2) is 5.78 Å². The molecule has 1 aliphatic rings. The molecule has 0 fully saturated rings. The lowest BCUT2D eigenvalue weighted by atomic mass is 10.1. The average molecular weight is 200 g/mol. The molecular weight excluding hydrogens is 188 g/mol. The molecule has 3 nitrogen and oxygen atoms in total. The predicted molar refractivity (Wildman–Crippen MR) is 59.7 cm³/mol. The van der Waals surface area contributed by atoms with E-state index in [1.54, 1.807) is 24.5 Å². The van der Waals surface area contributed by atoms with Gasteiger partial charge in [0.05, 0.1) is 17.9 Å². The highest BCUT2D eigenvalue weighted by atomic mass is 16.1. The van der Waals surface area contributed by atoms with Gasteiger partial charge in [0.1, 0.15) is 0 Å². The molecule has 1 aromatic rings. The van der Waals surface area contributed by atoms with Crippen LogP contribution in [0, 0.1) is 0 Å². The van der Waals surface area contributed by atoms with Crippen LogP contribution in [0.5, 0.6) is 0 Å². The van der Waals surface area contributed by atoms with E-state index in [0.29, 0.717) is 0 Å². The summed E-state index contributed by atoms with van der Waals surface area (Å²) in [6.07, 6.45) is 10.5. The van der Waals surface area contributed by atoms with E-state index in [-0.39, 0.29) is 11.8 Å². The molecule has 0 radical (unpaired) electrons. The number of rotatable bonds is 2. The second-order valence-electron chi connectivity index (χ2n) is 3.43. The lowest BCUT2D eigenvalue weighted by molar-refractivity contribution is -0.110. The smallest absolute Gasteiger partial charge is 0.178 e. The van der Waals surface area contributed by atoms with E-state index in [9.17, 15) is 4.79 Å². The highest BCUT2D eigenvalue weighted by Gasteiger charge is 2.12. The van der Waals surface area contributed by atoms with Crippen molar-refractivity contribution in [3.63, 3.8) is 0 Å². The van der Waals surface area contributed by atoms with Gasteiger partial charge in [0.2, 0.25) is 0 Å². The number of likely N-dealkylation sites (N-methyl/N-ethyl adjacent to an activating group) is 1. The molecule has 76 valence electrons. The first-order valence-electron chi connectivity index (χ1n) is 4.80. The molecule has 0 saturated carbocycles. The summed E-state index contributed by atoms with van der Waals surface area (Å²) < 4.78 is 0. The van der Waals surface area contributed by atoms with E-state index in [1.807, 2.05) is 31.3 Å². The molecule has 1 heterocycles. The van der Waals surface area contributed by atoms with E-state index in [4.69, 9.17) is 0 Å². The van der Waals surface area contributed by atoms with Gasteiger partial charge in [0.25, 0.3) is 0 Å². The summed E-state index contributed by atoms with van der Waals surface area (Å²) in [5.74, 6) is 0.0471. The van der Waals surface area contributed by atoms with Gasteiger partial charge in [0, 0.05) is 13.2 Å². The maximum absolute atomic E-state index is 11.0. The second kappa shape index (κ2) is 4.09. The molecule has 15 heavy (non-hydrogen) atoms. The SMILES string of the molecule is CN(c1cccnc1)C1C=CC(=O)C=C1. The van der Waals surface area contributed by atoms with Crippen LogP contribution in [0.1, 0.15) is 0 Å². The predicted octanol–water partition coefficient (Wildman–Crippen LogP) is 1.58. The van der Waals surface area contributed by atoms with Gasteiger partial charge in [-0.15, -0.1) is 0 Å². The highest BCUT2D eigenvalue weighted by Crippen LogP contribution is 2.16. The summed E-state index contributed by atoms with van der Waals surface area (Å²) in [5.41, 5.74) is 1.03. The first-order chi connectivity index (χ1) is 7.27. The topological polar surface area (TPSA) is 33.2 Å². The van der Waals surface area contributed by atoms with Crippen molar-refractivity contribution in [3.05, 3.63) is 48.8 Å². The standard InChI is InChI=1S/C12H12N2O/c1-14(11-3-2-8-13-9-11)10-4-6-12(15)7-5-10/h2-10H,1H3. The van der Waals surface area contributed by atoms with Crippen LogP contribution in [0.2, 0.25) is 0 Å². The first kappa shape index (κ1) is 9.65. The number of aromatic nitrogens is 1. The monoisotopic (exact) mass is 200 g/mol. The number of carbonyl (C=O) groups excluding carboxylic acids is 1. The molecule has 1 aliphatic carbocycles. The summed E-state index contributed by atoms with van der Waals surface area (Å²) in [7, 11) is 1.98. The zero-order chi connectivity index (χ0) is 10.7. The fourth-order valence-electron chi connectivity index (χ4n) is 1.50. The number of carbonyl (C=O) groups is 1. The number of allylic oxidation sites excluding steroid dienone is 2.